The molecule has 0 amide bonds. The van der Waals surface area contributed by atoms with Crippen molar-refractivity contribution in [1.82, 2.24) is 10.6 Å². The number of rotatable bonds is 5. The van der Waals surface area contributed by atoms with Gasteiger partial charge in [-0.15, -0.1) is 24.0 Å². The van der Waals surface area contributed by atoms with Crippen LogP contribution in [-0.4, -0.2) is 38.8 Å². The van der Waals surface area contributed by atoms with Gasteiger partial charge in [-0.25, -0.2) is 0 Å². The molecule has 0 bridgehead atoms. The summed E-state index contributed by atoms with van der Waals surface area (Å²) >= 11 is 0. The van der Waals surface area contributed by atoms with E-state index in [1.165, 1.54) is 5.57 Å². The number of hydrogen-bond acceptors (Lipinski definition) is 2. The number of nitrogens with one attached hydrogen (secondary N) is 2. The monoisotopic (exact) mass is 381 g/mol. The smallest absolute Gasteiger partial charge is 0.191 e. The lowest BCUT2D eigenvalue weighted by atomic mass is 10.1. The molecule has 1 atom stereocenters. The van der Waals surface area contributed by atoms with Gasteiger partial charge in [0.15, 0.2) is 5.96 Å². The zero-order valence-corrected chi connectivity index (χ0v) is 14.9. The maximum Gasteiger partial charge on any atom is 0.191 e. The fourth-order valence-corrected chi connectivity index (χ4v) is 1.71. The van der Waals surface area contributed by atoms with Gasteiger partial charge in [-0.1, -0.05) is 25.5 Å². The van der Waals surface area contributed by atoms with Crippen LogP contribution in [0.5, 0.6) is 0 Å². The van der Waals surface area contributed by atoms with E-state index in [0.29, 0.717) is 12.0 Å². The van der Waals surface area contributed by atoms with Gasteiger partial charge < -0.3 is 15.4 Å². The van der Waals surface area contributed by atoms with Gasteiger partial charge in [0, 0.05) is 19.6 Å². The van der Waals surface area contributed by atoms with Gasteiger partial charge in [0.1, 0.15) is 0 Å². The summed E-state index contributed by atoms with van der Waals surface area (Å²) in [4.78, 5) is 4.24. The van der Waals surface area contributed by atoms with Gasteiger partial charge in [0.25, 0.3) is 0 Å². The molecule has 0 spiro atoms. The van der Waals surface area contributed by atoms with Crippen molar-refractivity contribution in [2.24, 2.45) is 10.9 Å². The minimum Gasteiger partial charge on any atom is -0.377 e. The minimum absolute atomic E-state index is 0. The summed E-state index contributed by atoms with van der Waals surface area (Å²) in [6, 6.07) is 0.429. The van der Waals surface area contributed by atoms with Crippen molar-refractivity contribution in [3.63, 3.8) is 0 Å². The Bertz CT molecular complexity index is 303. The van der Waals surface area contributed by atoms with Gasteiger partial charge in [0.2, 0.25) is 0 Å². The number of nitrogens with zero attached hydrogens (tertiary/aromatic N) is 1. The van der Waals surface area contributed by atoms with Crippen molar-refractivity contribution in [3.05, 3.63) is 11.6 Å². The van der Waals surface area contributed by atoms with Crippen LogP contribution in [0.3, 0.4) is 0 Å². The normalized spacial score (nSPS) is 17.5. The van der Waals surface area contributed by atoms with Crippen molar-refractivity contribution in [3.8, 4) is 0 Å². The second-order valence-electron chi connectivity index (χ2n) is 5.11. The molecule has 1 heterocycles. The number of hydrogen-bond donors (Lipinski definition) is 2. The maximum atomic E-state index is 5.29. The fraction of sp³-hybridized carbons (Fsp3) is 0.786. The van der Waals surface area contributed by atoms with E-state index in [4.69, 9.17) is 4.74 Å². The van der Waals surface area contributed by atoms with Crippen molar-refractivity contribution in [2.75, 3.05) is 26.8 Å². The Morgan fingerprint density at radius 2 is 2.16 bits per heavy atom. The molecule has 5 heteroatoms. The molecule has 112 valence electrons. The van der Waals surface area contributed by atoms with Crippen molar-refractivity contribution in [1.29, 1.82) is 0 Å². The first-order valence-electron chi connectivity index (χ1n) is 6.86. The highest BCUT2D eigenvalue weighted by molar-refractivity contribution is 14.0. The summed E-state index contributed by atoms with van der Waals surface area (Å²) in [6.07, 6.45) is 4.33. The molecule has 1 aliphatic heterocycles. The van der Waals surface area contributed by atoms with E-state index in [2.05, 4.69) is 42.5 Å². The number of ether oxygens (including phenoxy) is 1. The Hall–Kier alpha value is -0.300. The molecule has 19 heavy (non-hydrogen) atoms. The molecule has 4 nitrogen and oxygen atoms in total. The van der Waals surface area contributed by atoms with Crippen molar-refractivity contribution in [2.45, 2.75) is 39.7 Å². The summed E-state index contributed by atoms with van der Waals surface area (Å²) in [5.74, 6) is 1.49. The van der Waals surface area contributed by atoms with Gasteiger partial charge in [0.05, 0.1) is 13.2 Å². The third-order valence-corrected chi connectivity index (χ3v) is 3.38. The van der Waals surface area contributed by atoms with Gasteiger partial charge in [-0.2, -0.15) is 0 Å². The highest BCUT2D eigenvalue weighted by atomic mass is 127. The summed E-state index contributed by atoms with van der Waals surface area (Å²) in [5.41, 5.74) is 1.49. The predicted molar refractivity (Wildman–Crippen MR) is 92.3 cm³/mol. The second-order valence-corrected chi connectivity index (χ2v) is 5.11. The third kappa shape index (κ3) is 7.77. The first kappa shape index (κ1) is 18.7. The van der Waals surface area contributed by atoms with Crippen LogP contribution in [-0.2, 0) is 4.74 Å². The molecule has 1 unspecified atom stereocenters. The average Bonchev–Trinajstić information content (AvgIpc) is 2.38. The predicted octanol–water partition coefficient (Wildman–Crippen LogP) is 2.55. The van der Waals surface area contributed by atoms with Crippen LogP contribution in [0, 0.1) is 5.92 Å². The van der Waals surface area contributed by atoms with E-state index in [1.807, 2.05) is 7.05 Å². The molecule has 0 fully saturated rings. The van der Waals surface area contributed by atoms with Crippen molar-refractivity contribution >= 4 is 29.9 Å². The van der Waals surface area contributed by atoms with Gasteiger partial charge in [-0.05, 0) is 25.7 Å². The highest BCUT2D eigenvalue weighted by Crippen LogP contribution is 2.10. The molecule has 0 aliphatic carbocycles. The van der Waals surface area contributed by atoms with E-state index < -0.39 is 0 Å². The molecule has 0 aromatic rings. The molecule has 0 aromatic carbocycles. The van der Waals surface area contributed by atoms with Crippen LogP contribution < -0.4 is 10.6 Å². The van der Waals surface area contributed by atoms with E-state index in [0.717, 1.165) is 38.6 Å². The van der Waals surface area contributed by atoms with Crippen LogP contribution >= 0.6 is 24.0 Å². The maximum absolute atomic E-state index is 5.29. The Morgan fingerprint density at radius 3 is 2.68 bits per heavy atom. The summed E-state index contributed by atoms with van der Waals surface area (Å²) in [7, 11) is 1.82. The van der Waals surface area contributed by atoms with E-state index in [9.17, 15) is 0 Å². The Labute approximate surface area is 134 Å². The first-order valence-corrected chi connectivity index (χ1v) is 6.86. The van der Waals surface area contributed by atoms with Gasteiger partial charge >= 0.3 is 0 Å². The number of guanidine groups is 1. The Kier molecular flexibility index (Phi) is 10.3. The molecule has 0 aromatic heterocycles. The van der Waals surface area contributed by atoms with E-state index in [-0.39, 0.29) is 24.0 Å². The largest absolute Gasteiger partial charge is 0.377 e. The molecule has 0 saturated carbocycles. The zero-order chi connectivity index (χ0) is 13.4. The quantitative estimate of drug-likeness (QED) is 0.333. The van der Waals surface area contributed by atoms with Crippen LogP contribution in [0.25, 0.3) is 0 Å². The van der Waals surface area contributed by atoms with Gasteiger partial charge in [-0.3, -0.25) is 4.99 Å². The van der Waals surface area contributed by atoms with Crippen LogP contribution in [0.2, 0.25) is 0 Å². The third-order valence-electron chi connectivity index (χ3n) is 3.38. The minimum atomic E-state index is 0. The lowest BCUT2D eigenvalue weighted by molar-refractivity contribution is 0.153. The Morgan fingerprint density at radius 1 is 1.42 bits per heavy atom. The molecule has 0 saturated heterocycles. The average molecular weight is 381 g/mol. The number of aliphatic imine (C=N–C) groups is 1. The van der Waals surface area contributed by atoms with Crippen LogP contribution in [0.4, 0.5) is 0 Å². The highest BCUT2D eigenvalue weighted by Gasteiger charge is 2.09. The first-order chi connectivity index (χ1) is 8.63. The Balaban J connectivity index is 0.00000324. The fourth-order valence-electron chi connectivity index (χ4n) is 1.71. The zero-order valence-electron chi connectivity index (χ0n) is 12.5. The summed E-state index contributed by atoms with van der Waals surface area (Å²) in [5, 5.41) is 6.76. The van der Waals surface area contributed by atoms with Crippen molar-refractivity contribution < 1.29 is 4.74 Å². The van der Waals surface area contributed by atoms with E-state index >= 15 is 0 Å². The standard InChI is InChI=1S/C14H27N3O.HI/c1-11(2)12(3)17-14(15-4)16-8-5-13-6-9-18-10-7-13;/h6,11-12H,5,7-10H2,1-4H3,(H2,15,16,17);1H. The van der Waals surface area contributed by atoms with Crippen LogP contribution in [0.15, 0.2) is 16.6 Å². The van der Waals surface area contributed by atoms with Crippen LogP contribution in [0.1, 0.15) is 33.6 Å². The summed E-state index contributed by atoms with van der Waals surface area (Å²) < 4.78 is 5.29. The molecule has 1 rings (SSSR count). The molecular formula is C14H28IN3O. The summed E-state index contributed by atoms with van der Waals surface area (Å²) in [6.45, 7) is 9.15. The molecule has 0 radical (unpaired) electrons. The molecule has 2 N–H and O–H groups in total. The topological polar surface area (TPSA) is 45.7 Å². The SMILES string of the molecule is CN=C(NCCC1=CCOCC1)NC(C)C(C)C.I. The lowest BCUT2D eigenvalue weighted by Gasteiger charge is -2.21. The molecule has 1 aliphatic rings. The lowest BCUT2D eigenvalue weighted by Crippen LogP contribution is -2.44. The molecular weight excluding hydrogens is 353 g/mol. The second kappa shape index (κ2) is 10.5. The van der Waals surface area contributed by atoms with E-state index in [1.54, 1.807) is 0 Å². The number of halogens is 1.